The van der Waals surface area contributed by atoms with Crippen LogP contribution in [0, 0.1) is 5.41 Å². The number of fused-ring (bicyclic) bond motifs is 1. The van der Waals surface area contributed by atoms with Gasteiger partial charge in [-0.3, -0.25) is 4.99 Å². The first-order valence-electron chi connectivity index (χ1n) is 13.9. The van der Waals surface area contributed by atoms with Gasteiger partial charge in [-0.2, -0.15) is 0 Å². The summed E-state index contributed by atoms with van der Waals surface area (Å²) >= 11 is 0. The van der Waals surface area contributed by atoms with E-state index >= 15 is 0 Å². The van der Waals surface area contributed by atoms with Crippen LogP contribution in [0.3, 0.4) is 0 Å². The minimum atomic E-state index is -0.529. The predicted molar refractivity (Wildman–Crippen MR) is 165 cm³/mol. The minimum Gasteiger partial charge on any atom is -0.507 e. The molecule has 2 nitrogen and oxygen atoms in total. The molecule has 0 saturated carbocycles. The van der Waals surface area contributed by atoms with E-state index in [1.54, 1.807) is 0 Å². The maximum absolute atomic E-state index is 11.8. The van der Waals surface area contributed by atoms with E-state index in [0.717, 1.165) is 34.6 Å². The molecule has 37 heavy (non-hydrogen) atoms. The molecule has 0 amide bonds. The number of phenolic OH excluding ortho intramolecular Hbond substituents is 1. The van der Waals surface area contributed by atoms with Gasteiger partial charge < -0.3 is 5.11 Å². The van der Waals surface area contributed by atoms with Crippen LogP contribution in [0.5, 0.6) is 5.75 Å². The third-order valence-electron chi connectivity index (χ3n) is 8.36. The van der Waals surface area contributed by atoms with Crippen LogP contribution in [0.1, 0.15) is 104 Å². The number of para-hydroxylation sites is 1. The van der Waals surface area contributed by atoms with Crippen LogP contribution >= 0.6 is 7.92 Å². The van der Waals surface area contributed by atoms with E-state index in [1.807, 2.05) is 18.2 Å². The summed E-state index contributed by atoms with van der Waals surface area (Å²) in [6, 6.07) is 19.3. The molecule has 0 bridgehead atoms. The second-order valence-electron chi connectivity index (χ2n) is 13.4. The van der Waals surface area contributed by atoms with Crippen LogP contribution in [0.2, 0.25) is 0 Å². The summed E-state index contributed by atoms with van der Waals surface area (Å²) in [6.45, 7) is 23.3. The van der Waals surface area contributed by atoms with E-state index in [2.05, 4.69) is 106 Å². The molecule has 1 N–H and O–H groups in total. The Morgan fingerprint density at radius 2 is 1.41 bits per heavy atom. The molecule has 0 aromatic heterocycles. The van der Waals surface area contributed by atoms with Crippen molar-refractivity contribution in [3.8, 4) is 5.75 Å². The number of nitrogens with zero attached hydrogens (tertiary/aromatic N) is 1. The van der Waals surface area contributed by atoms with Gasteiger partial charge in [0, 0.05) is 16.4 Å². The van der Waals surface area contributed by atoms with Gasteiger partial charge in [0.05, 0.1) is 11.1 Å². The Kier molecular flexibility index (Phi) is 7.41. The highest BCUT2D eigenvalue weighted by Gasteiger charge is 2.57. The summed E-state index contributed by atoms with van der Waals surface area (Å²) < 4.78 is 0. The Bertz CT molecular complexity index is 1300. The highest BCUT2D eigenvalue weighted by atomic mass is 31.1. The summed E-state index contributed by atoms with van der Waals surface area (Å²) in [5, 5.41) is 14.0. The Balaban J connectivity index is 2.13. The van der Waals surface area contributed by atoms with Crippen molar-refractivity contribution in [3.63, 3.8) is 0 Å². The van der Waals surface area contributed by atoms with E-state index in [9.17, 15) is 5.11 Å². The van der Waals surface area contributed by atoms with Crippen molar-refractivity contribution in [3.05, 3.63) is 71.3 Å². The lowest BCUT2D eigenvalue weighted by Crippen LogP contribution is -2.44. The van der Waals surface area contributed by atoms with Gasteiger partial charge in [0.15, 0.2) is 0 Å². The van der Waals surface area contributed by atoms with Gasteiger partial charge >= 0.3 is 0 Å². The fourth-order valence-electron chi connectivity index (χ4n) is 6.25. The van der Waals surface area contributed by atoms with Crippen LogP contribution in [-0.4, -0.2) is 21.9 Å². The first kappa shape index (κ1) is 27.8. The summed E-state index contributed by atoms with van der Waals surface area (Å²) in [5.74, 6) is 1.20. The molecule has 4 rings (SSSR count). The lowest BCUT2D eigenvalue weighted by atomic mass is 9.61. The quantitative estimate of drug-likeness (QED) is 0.344. The van der Waals surface area contributed by atoms with Gasteiger partial charge in [0.1, 0.15) is 5.75 Å². The van der Waals surface area contributed by atoms with Crippen LogP contribution < -0.4 is 0 Å². The van der Waals surface area contributed by atoms with E-state index in [-0.39, 0.29) is 16.0 Å². The Morgan fingerprint density at radius 1 is 0.811 bits per heavy atom. The summed E-state index contributed by atoms with van der Waals surface area (Å²) in [6.07, 6.45) is 2.13. The summed E-state index contributed by atoms with van der Waals surface area (Å²) in [7, 11) is -0.529. The third-order valence-corrected chi connectivity index (χ3v) is 11.6. The van der Waals surface area contributed by atoms with Crippen LogP contribution in [0.25, 0.3) is 10.8 Å². The van der Waals surface area contributed by atoms with Crippen molar-refractivity contribution in [1.29, 1.82) is 0 Å². The highest BCUT2D eigenvalue weighted by molar-refractivity contribution is 7.77. The standard InChI is InChI=1S/C34H46NOP/c1-22(2)25-16-13-17-26(23(3)4)29(25)35-31-34(32(5,6)7,20-21-37(31)33(8,9)10)28-19-18-24-14-11-12-15-27(24)30(28)36/h11-19,22-23,36H,20-21H2,1-10H3. The van der Waals surface area contributed by atoms with Crippen LogP contribution in [0.15, 0.2) is 59.6 Å². The molecule has 3 aromatic carbocycles. The molecule has 3 aromatic rings. The predicted octanol–water partition coefficient (Wildman–Crippen LogP) is 10.5. The molecule has 1 fully saturated rings. The van der Waals surface area contributed by atoms with Crippen molar-refractivity contribution in [2.75, 3.05) is 6.16 Å². The van der Waals surface area contributed by atoms with Crippen molar-refractivity contribution in [2.45, 2.75) is 98.1 Å². The smallest absolute Gasteiger partial charge is 0.127 e. The molecule has 3 heteroatoms. The molecule has 0 aliphatic carbocycles. The number of hydrogen-bond acceptors (Lipinski definition) is 2. The number of phenols is 1. The first-order chi connectivity index (χ1) is 17.2. The molecule has 1 heterocycles. The third kappa shape index (κ3) is 4.76. The van der Waals surface area contributed by atoms with Crippen molar-refractivity contribution < 1.29 is 5.11 Å². The van der Waals surface area contributed by atoms with Crippen LogP contribution in [0.4, 0.5) is 5.69 Å². The molecular weight excluding hydrogens is 469 g/mol. The van der Waals surface area contributed by atoms with Gasteiger partial charge in [0.25, 0.3) is 0 Å². The van der Waals surface area contributed by atoms with E-state index < -0.39 is 7.92 Å². The minimum absolute atomic E-state index is 0.123. The van der Waals surface area contributed by atoms with E-state index in [4.69, 9.17) is 4.99 Å². The van der Waals surface area contributed by atoms with E-state index in [1.165, 1.54) is 16.6 Å². The van der Waals surface area contributed by atoms with Gasteiger partial charge in [0.2, 0.25) is 0 Å². The first-order valence-corrected chi connectivity index (χ1v) is 15.4. The van der Waals surface area contributed by atoms with Gasteiger partial charge in [-0.25, -0.2) is 0 Å². The number of aliphatic imine (C=N–C) groups is 1. The normalized spacial score (nSPS) is 22.1. The maximum Gasteiger partial charge on any atom is 0.127 e. The van der Waals surface area contributed by atoms with Gasteiger partial charge in [-0.1, -0.05) is 132 Å². The lowest BCUT2D eigenvalue weighted by molar-refractivity contribution is 0.254. The molecule has 2 unspecified atom stereocenters. The largest absolute Gasteiger partial charge is 0.507 e. The Hall–Kier alpha value is -2.18. The molecular formula is C34H46NOP. The zero-order valence-electron chi connectivity index (χ0n) is 24.6. The van der Waals surface area contributed by atoms with Crippen molar-refractivity contribution in [2.24, 2.45) is 10.4 Å². The van der Waals surface area contributed by atoms with Crippen molar-refractivity contribution >= 4 is 29.8 Å². The molecule has 198 valence electrons. The average molecular weight is 516 g/mol. The van der Waals surface area contributed by atoms with Crippen LogP contribution in [-0.2, 0) is 5.41 Å². The fourth-order valence-corrected chi connectivity index (χ4v) is 9.58. The molecule has 2 atom stereocenters. The number of aromatic hydroxyl groups is 1. The average Bonchev–Trinajstić information content (AvgIpc) is 3.20. The van der Waals surface area contributed by atoms with Gasteiger partial charge in [-0.05, 0) is 51.5 Å². The van der Waals surface area contributed by atoms with Gasteiger partial charge in [-0.15, -0.1) is 0 Å². The van der Waals surface area contributed by atoms with E-state index in [0.29, 0.717) is 17.6 Å². The summed E-state index contributed by atoms with van der Waals surface area (Å²) in [4.78, 5) is 5.80. The highest BCUT2D eigenvalue weighted by Crippen LogP contribution is 2.68. The zero-order valence-corrected chi connectivity index (χ0v) is 25.5. The SMILES string of the molecule is CC(C)c1cccc(C(C)C)c1N=C1P(C(C)(C)C)CCC1(c1ccc2ccccc2c1O)C(C)(C)C. The molecule has 0 radical (unpaired) electrons. The number of hydrogen-bond donors (Lipinski definition) is 1. The molecule has 1 aliphatic heterocycles. The second-order valence-corrected chi connectivity index (χ2v) is 16.5. The molecule has 1 aliphatic rings. The number of benzene rings is 3. The Labute approximate surface area is 226 Å². The number of rotatable bonds is 4. The van der Waals surface area contributed by atoms with Crippen molar-refractivity contribution in [1.82, 2.24) is 0 Å². The second kappa shape index (κ2) is 9.85. The topological polar surface area (TPSA) is 32.6 Å². The monoisotopic (exact) mass is 515 g/mol. The lowest BCUT2D eigenvalue weighted by Gasteiger charge is -2.45. The zero-order chi connectivity index (χ0) is 27.3. The maximum atomic E-state index is 11.8. The molecule has 0 spiro atoms. The summed E-state index contributed by atoms with van der Waals surface area (Å²) in [5.41, 5.74) is 5.68. The fraction of sp³-hybridized carbons (Fsp3) is 0.500. The Morgan fingerprint density at radius 3 is 1.95 bits per heavy atom. The molecule has 1 saturated heterocycles.